The largest absolute Gasteiger partial charge is 0.480 e. The van der Waals surface area contributed by atoms with Gasteiger partial charge in [0.25, 0.3) is 0 Å². The molecule has 2 N–H and O–H groups in total. The zero-order chi connectivity index (χ0) is 18.4. The van der Waals surface area contributed by atoms with Crippen molar-refractivity contribution in [1.29, 1.82) is 0 Å². The lowest BCUT2D eigenvalue weighted by molar-refractivity contribution is -0.136. The first kappa shape index (κ1) is 18.7. The molecule has 1 heterocycles. The molecule has 0 bridgehead atoms. The van der Waals surface area contributed by atoms with Crippen molar-refractivity contribution in [2.24, 2.45) is 10.2 Å². The minimum atomic E-state index is -1.13. The number of carbonyl (C=O) groups excluding carboxylic acids is 2. The highest BCUT2D eigenvalue weighted by atomic mass is 32.2. The van der Waals surface area contributed by atoms with E-state index in [0.29, 0.717) is 10.9 Å². The number of amidine groups is 1. The highest BCUT2D eigenvalue weighted by Crippen LogP contribution is 2.24. The standard InChI is InChI=1S/C16H18N4O4S/c1-10(2)18-19-16-17-15(24)12(25-16)8-13(21)20(9-14(22)23)11-6-4-3-5-7-11/h3-7,12H,8-9H2,1-2H3,(H,22,23)(H,17,19,24). The Hall–Kier alpha value is -2.68. The number of amides is 2. The van der Waals surface area contributed by atoms with Gasteiger partial charge in [-0.05, 0) is 26.0 Å². The second-order valence-electron chi connectivity index (χ2n) is 5.46. The third-order valence-corrected chi connectivity index (χ3v) is 4.21. The second kappa shape index (κ2) is 8.43. The van der Waals surface area contributed by atoms with E-state index in [2.05, 4.69) is 15.5 Å². The Morgan fingerprint density at radius 2 is 1.96 bits per heavy atom. The summed E-state index contributed by atoms with van der Waals surface area (Å²) in [7, 11) is 0. The van der Waals surface area contributed by atoms with Crippen molar-refractivity contribution < 1.29 is 19.5 Å². The van der Waals surface area contributed by atoms with Gasteiger partial charge in [0.1, 0.15) is 11.8 Å². The number of carbonyl (C=O) groups is 3. The van der Waals surface area contributed by atoms with E-state index < -0.39 is 23.7 Å². The van der Waals surface area contributed by atoms with Crippen molar-refractivity contribution >= 4 is 46.1 Å². The molecule has 0 spiro atoms. The van der Waals surface area contributed by atoms with E-state index in [-0.39, 0.29) is 12.3 Å². The Labute approximate surface area is 149 Å². The van der Waals surface area contributed by atoms with E-state index in [9.17, 15) is 14.4 Å². The second-order valence-corrected chi connectivity index (χ2v) is 6.65. The van der Waals surface area contributed by atoms with Crippen LogP contribution in [0.15, 0.2) is 40.5 Å². The summed E-state index contributed by atoms with van der Waals surface area (Å²) in [5, 5.41) is 19.1. The number of para-hydroxylation sites is 1. The fourth-order valence-corrected chi connectivity index (χ4v) is 2.98. The number of hydrogen-bond acceptors (Lipinski definition) is 6. The zero-order valence-corrected chi connectivity index (χ0v) is 14.6. The molecule has 0 radical (unpaired) electrons. The summed E-state index contributed by atoms with van der Waals surface area (Å²) in [6, 6.07) is 8.49. The van der Waals surface area contributed by atoms with Crippen LogP contribution in [0.3, 0.4) is 0 Å². The number of hydrogen-bond donors (Lipinski definition) is 2. The molecule has 0 saturated carbocycles. The van der Waals surface area contributed by atoms with Gasteiger partial charge in [-0.25, -0.2) is 0 Å². The van der Waals surface area contributed by atoms with Crippen molar-refractivity contribution in [1.82, 2.24) is 5.32 Å². The molecule has 1 fully saturated rings. The predicted molar refractivity (Wildman–Crippen MR) is 96.8 cm³/mol. The lowest BCUT2D eigenvalue weighted by Crippen LogP contribution is -2.38. The molecule has 1 saturated heterocycles. The van der Waals surface area contributed by atoms with E-state index >= 15 is 0 Å². The number of thioether (sulfide) groups is 1. The summed E-state index contributed by atoms with van der Waals surface area (Å²) >= 11 is 1.11. The maximum absolute atomic E-state index is 12.6. The third kappa shape index (κ3) is 5.42. The molecule has 1 unspecified atom stereocenters. The number of benzene rings is 1. The maximum atomic E-state index is 12.6. The molecule has 1 aromatic rings. The molecule has 1 aromatic carbocycles. The molecular formula is C16H18N4O4S. The van der Waals surface area contributed by atoms with Crippen molar-refractivity contribution in [2.45, 2.75) is 25.5 Å². The number of carboxylic acid groups (broad SMARTS) is 1. The SMILES string of the molecule is CC(C)=NN=C1NC(=O)C(CC(=O)N(CC(=O)O)c2ccccc2)S1. The molecule has 1 atom stereocenters. The lowest BCUT2D eigenvalue weighted by atomic mass is 10.2. The van der Waals surface area contributed by atoms with Gasteiger partial charge in [-0.15, -0.1) is 5.10 Å². The van der Waals surface area contributed by atoms with Crippen LogP contribution >= 0.6 is 11.8 Å². The fraction of sp³-hybridized carbons (Fsp3) is 0.312. The van der Waals surface area contributed by atoms with E-state index in [4.69, 9.17) is 5.11 Å². The molecule has 1 aliphatic heterocycles. The van der Waals surface area contributed by atoms with Crippen LogP contribution in [-0.4, -0.2) is 45.6 Å². The van der Waals surface area contributed by atoms with Crippen molar-refractivity contribution in [3.63, 3.8) is 0 Å². The minimum Gasteiger partial charge on any atom is -0.480 e. The summed E-state index contributed by atoms with van der Waals surface area (Å²) in [6.07, 6.45) is -0.132. The highest BCUT2D eigenvalue weighted by molar-refractivity contribution is 8.15. The number of carboxylic acids is 1. The number of nitrogens with one attached hydrogen (secondary N) is 1. The van der Waals surface area contributed by atoms with Gasteiger partial charge in [0.15, 0.2) is 5.17 Å². The molecule has 0 aromatic heterocycles. The Morgan fingerprint density at radius 1 is 1.28 bits per heavy atom. The summed E-state index contributed by atoms with van der Waals surface area (Å²) in [5.41, 5.74) is 1.21. The monoisotopic (exact) mass is 362 g/mol. The fourth-order valence-electron chi connectivity index (χ4n) is 2.07. The first-order valence-corrected chi connectivity index (χ1v) is 8.38. The average molecular weight is 362 g/mol. The first-order valence-electron chi connectivity index (χ1n) is 7.50. The summed E-state index contributed by atoms with van der Waals surface area (Å²) in [4.78, 5) is 36.8. The first-order chi connectivity index (χ1) is 11.9. The quantitative estimate of drug-likeness (QED) is 0.588. The predicted octanol–water partition coefficient (Wildman–Crippen LogP) is 1.48. The molecule has 132 valence electrons. The lowest BCUT2D eigenvalue weighted by Gasteiger charge is -2.21. The topological polar surface area (TPSA) is 111 Å². The van der Waals surface area contributed by atoms with E-state index in [1.807, 2.05) is 0 Å². The molecule has 1 aliphatic rings. The van der Waals surface area contributed by atoms with Gasteiger partial charge in [-0.3, -0.25) is 14.4 Å². The van der Waals surface area contributed by atoms with Crippen LogP contribution in [0.1, 0.15) is 20.3 Å². The normalized spacial score (nSPS) is 17.9. The van der Waals surface area contributed by atoms with Gasteiger partial charge in [-0.1, -0.05) is 30.0 Å². The van der Waals surface area contributed by atoms with E-state index in [0.717, 1.165) is 22.4 Å². The molecule has 8 nitrogen and oxygen atoms in total. The van der Waals surface area contributed by atoms with Crippen LogP contribution in [0, 0.1) is 0 Å². The van der Waals surface area contributed by atoms with E-state index in [1.165, 1.54) is 0 Å². The van der Waals surface area contributed by atoms with E-state index in [1.54, 1.807) is 44.2 Å². The van der Waals surface area contributed by atoms with Crippen molar-refractivity contribution in [2.75, 3.05) is 11.4 Å². The van der Waals surface area contributed by atoms with Gasteiger partial charge in [-0.2, -0.15) is 5.10 Å². The molecule has 2 amide bonds. The maximum Gasteiger partial charge on any atom is 0.323 e. The molecule has 9 heteroatoms. The number of aliphatic carboxylic acids is 1. The van der Waals surface area contributed by atoms with Crippen LogP contribution in [0.4, 0.5) is 5.69 Å². The number of anilines is 1. The number of rotatable bonds is 6. The number of nitrogens with zero attached hydrogens (tertiary/aromatic N) is 3. The molecule has 2 rings (SSSR count). The molecule has 0 aliphatic carbocycles. The van der Waals surface area contributed by atoms with Crippen LogP contribution in [0.25, 0.3) is 0 Å². The Balaban J connectivity index is 2.10. The van der Waals surface area contributed by atoms with Gasteiger partial charge >= 0.3 is 5.97 Å². The average Bonchev–Trinajstić information content (AvgIpc) is 2.91. The highest BCUT2D eigenvalue weighted by Gasteiger charge is 2.34. The van der Waals surface area contributed by atoms with Gasteiger partial charge in [0.2, 0.25) is 11.8 Å². The van der Waals surface area contributed by atoms with Crippen molar-refractivity contribution in [3.8, 4) is 0 Å². The third-order valence-electron chi connectivity index (χ3n) is 3.14. The van der Waals surface area contributed by atoms with Crippen molar-refractivity contribution in [3.05, 3.63) is 30.3 Å². The Kier molecular flexibility index (Phi) is 6.29. The molecular weight excluding hydrogens is 344 g/mol. The van der Waals surface area contributed by atoms with Gasteiger partial charge in [0.05, 0.1) is 0 Å². The Morgan fingerprint density at radius 3 is 2.56 bits per heavy atom. The van der Waals surface area contributed by atoms with Crippen LogP contribution in [-0.2, 0) is 14.4 Å². The van der Waals surface area contributed by atoms with Crippen LogP contribution < -0.4 is 10.2 Å². The Bertz CT molecular complexity index is 729. The van der Waals surface area contributed by atoms with Gasteiger partial charge < -0.3 is 15.3 Å². The molecule has 25 heavy (non-hydrogen) atoms. The zero-order valence-electron chi connectivity index (χ0n) is 13.8. The van der Waals surface area contributed by atoms with Gasteiger partial charge in [0, 0.05) is 17.8 Å². The summed E-state index contributed by atoms with van der Waals surface area (Å²) in [6.45, 7) is 3.08. The minimum absolute atomic E-state index is 0.132. The van der Waals surface area contributed by atoms with Crippen LogP contribution in [0.2, 0.25) is 0 Å². The summed E-state index contributed by atoms with van der Waals surface area (Å²) in [5.74, 6) is -1.92. The smallest absolute Gasteiger partial charge is 0.323 e. The summed E-state index contributed by atoms with van der Waals surface area (Å²) < 4.78 is 0. The van der Waals surface area contributed by atoms with Crippen LogP contribution in [0.5, 0.6) is 0 Å².